The first-order valence-corrected chi connectivity index (χ1v) is 8.58. The summed E-state index contributed by atoms with van der Waals surface area (Å²) in [7, 11) is 0. The van der Waals surface area contributed by atoms with Gasteiger partial charge in [0.2, 0.25) is 0 Å². The van der Waals surface area contributed by atoms with Crippen molar-refractivity contribution in [2.45, 2.75) is 50.7 Å². The highest BCUT2D eigenvalue weighted by molar-refractivity contribution is 5.96. The predicted molar refractivity (Wildman–Crippen MR) is 90.3 cm³/mol. The molecule has 0 bridgehead atoms. The molecule has 130 valence electrons. The molecule has 7 nitrogen and oxygen atoms in total. The molecule has 7 heteroatoms. The van der Waals surface area contributed by atoms with Crippen molar-refractivity contribution in [1.29, 1.82) is 0 Å². The van der Waals surface area contributed by atoms with E-state index >= 15 is 0 Å². The first-order valence-electron chi connectivity index (χ1n) is 8.58. The second kappa shape index (κ2) is 7.61. The minimum absolute atomic E-state index is 0.0768. The average Bonchev–Trinajstić information content (AvgIpc) is 3.26. The van der Waals surface area contributed by atoms with Gasteiger partial charge >= 0.3 is 0 Å². The first-order chi connectivity index (χ1) is 11.6. The lowest BCUT2D eigenvalue weighted by Gasteiger charge is -2.14. The molecule has 2 N–H and O–H groups in total. The van der Waals surface area contributed by atoms with Crippen LogP contribution in [0, 0.1) is 10.1 Å². The van der Waals surface area contributed by atoms with E-state index in [-0.39, 0.29) is 23.7 Å². The number of benzene rings is 1. The fraction of sp³-hybridized carbons (Fsp3) is 0.588. The Morgan fingerprint density at radius 3 is 2.71 bits per heavy atom. The van der Waals surface area contributed by atoms with Crippen LogP contribution >= 0.6 is 0 Å². The summed E-state index contributed by atoms with van der Waals surface area (Å²) in [6, 6.07) is 4.78. The van der Waals surface area contributed by atoms with Gasteiger partial charge in [0.25, 0.3) is 11.6 Å². The van der Waals surface area contributed by atoms with Gasteiger partial charge in [0.15, 0.2) is 0 Å². The normalized spacial score (nSPS) is 20.9. The number of anilines is 1. The zero-order chi connectivity index (χ0) is 16.9. The van der Waals surface area contributed by atoms with Crippen LogP contribution in [0.1, 0.15) is 48.9 Å². The molecule has 1 saturated carbocycles. The summed E-state index contributed by atoms with van der Waals surface area (Å²) in [5.74, 6) is -0.240. The number of amides is 1. The number of nitro benzene ring substituents is 1. The van der Waals surface area contributed by atoms with Crippen LogP contribution in [0.4, 0.5) is 11.4 Å². The van der Waals surface area contributed by atoms with E-state index in [1.165, 1.54) is 6.07 Å². The van der Waals surface area contributed by atoms with Crippen molar-refractivity contribution in [1.82, 2.24) is 5.32 Å². The highest BCUT2D eigenvalue weighted by atomic mass is 16.6. The van der Waals surface area contributed by atoms with Gasteiger partial charge in [-0.15, -0.1) is 0 Å². The Labute approximate surface area is 140 Å². The minimum atomic E-state index is -0.454. The second-order valence-corrected chi connectivity index (χ2v) is 6.46. The van der Waals surface area contributed by atoms with E-state index in [1.807, 2.05) is 0 Å². The van der Waals surface area contributed by atoms with Gasteiger partial charge in [-0.2, -0.15) is 0 Å². The SMILES string of the molecule is O=C(NC1CCCC1)c1ccc(NCC2CCCO2)c([N+](=O)[O-])c1. The Morgan fingerprint density at radius 1 is 1.25 bits per heavy atom. The van der Waals surface area contributed by atoms with Crippen LogP contribution in [0.25, 0.3) is 0 Å². The molecule has 1 aromatic rings. The van der Waals surface area contributed by atoms with Gasteiger partial charge in [0, 0.05) is 30.8 Å². The molecular weight excluding hydrogens is 310 g/mol. The van der Waals surface area contributed by atoms with Gasteiger partial charge in [-0.1, -0.05) is 12.8 Å². The highest BCUT2D eigenvalue weighted by Crippen LogP contribution is 2.27. The summed E-state index contributed by atoms with van der Waals surface area (Å²) >= 11 is 0. The lowest BCUT2D eigenvalue weighted by molar-refractivity contribution is -0.384. The Balaban J connectivity index is 1.68. The molecule has 0 aromatic heterocycles. The monoisotopic (exact) mass is 333 g/mol. The van der Waals surface area contributed by atoms with E-state index in [4.69, 9.17) is 4.74 Å². The third-order valence-electron chi connectivity index (χ3n) is 4.69. The number of carbonyl (C=O) groups is 1. The molecule has 1 aromatic carbocycles. The first kappa shape index (κ1) is 16.7. The molecule has 1 amide bonds. The molecule has 1 aliphatic carbocycles. The molecule has 1 unspecified atom stereocenters. The third-order valence-corrected chi connectivity index (χ3v) is 4.69. The molecular formula is C17H23N3O4. The third kappa shape index (κ3) is 4.03. The topological polar surface area (TPSA) is 93.5 Å². The van der Waals surface area contributed by atoms with Gasteiger partial charge in [0.1, 0.15) is 5.69 Å². The van der Waals surface area contributed by atoms with E-state index in [2.05, 4.69) is 10.6 Å². The lowest BCUT2D eigenvalue weighted by atomic mass is 10.1. The van der Waals surface area contributed by atoms with Crippen LogP contribution in [0.15, 0.2) is 18.2 Å². The van der Waals surface area contributed by atoms with Crippen LogP contribution in [0.2, 0.25) is 0 Å². The maximum absolute atomic E-state index is 12.3. The number of ether oxygens (including phenoxy) is 1. The van der Waals surface area contributed by atoms with Crippen LogP contribution in [-0.2, 0) is 4.74 Å². The molecule has 1 saturated heterocycles. The molecule has 3 rings (SSSR count). The van der Waals surface area contributed by atoms with Crippen molar-refractivity contribution in [3.05, 3.63) is 33.9 Å². The van der Waals surface area contributed by atoms with Crippen molar-refractivity contribution in [3.63, 3.8) is 0 Å². The summed E-state index contributed by atoms with van der Waals surface area (Å²) in [6.07, 6.45) is 6.28. The second-order valence-electron chi connectivity index (χ2n) is 6.46. The Kier molecular flexibility index (Phi) is 5.30. The Bertz CT molecular complexity index is 608. The summed E-state index contributed by atoms with van der Waals surface area (Å²) in [5.41, 5.74) is 0.677. The van der Waals surface area contributed by atoms with Crippen LogP contribution in [0.3, 0.4) is 0 Å². The molecule has 2 fully saturated rings. The molecule has 1 heterocycles. The number of nitro groups is 1. The van der Waals surface area contributed by atoms with Crippen molar-refractivity contribution in [2.75, 3.05) is 18.5 Å². The van der Waals surface area contributed by atoms with Gasteiger partial charge in [-0.25, -0.2) is 0 Å². The average molecular weight is 333 g/mol. The number of hydrogen-bond donors (Lipinski definition) is 2. The smallest absolute Gasteiger partial charge is 0.293 e. The zero-order valence-electron chi connectivity index (χ0n) is 13.6. The summed E-state index contributed by atoms with van der Waals surface area (Å²) < 4.78 is 5.51. The number of carbonyl (C=O) groups excluding carboxylic acids is 1. The maximum Gasteiger partial charge on any atom is 0.293 e. The van der Waals surface area contributed by atoms with Crippen LogP contribution in [0.5, 0.6) is 0 Å². The summed E-state index contributed by atoms with van der Waals surface area (Å²) in [5, 5.41) is 17.4. The van der Waals surface area contributed by atoms with Crippen LogP contribution < -0.4 is 10.6 Å². The predicted octanol–water partition coefficient (Wildman–Crippen LogP) is 2.86. The van der Waals surface area contributed by atoms with E-state index in [1.54, 1.807) is 12.1 Å². The van der Waals surface area contributed by atoms with Gasteiger partial charge in [-0.3, -0.25) is 14.9 Å². The number of rotatable bonds is 6. The molecule has 0 radical (unpaired) electrons. The van der Waals surface area contributed by atoms with Crippen molar-refractivity contribution >= 4 is 17.3 Å². The standard InChI is InChI=1S/C17H23N3O4/c21-17(19-13-4-1-2-5-13)12-7-8-15(16(10-12)20(22)23)18-11-14-6-3-9-24-14/h7-8,10,13-14,18H,1-6,9,11H2,(H,19,21). The molecule has 1 atom stereocenters. The van der Waals surface area contributed by atoms with Crippen molar-refractivity contribution in [2.24, 2.45) is 0 Å². The lowest BCUT2D eigenvalue weighted by Crippen LogP contribution is -2.32. The largest absolute Gasteiger partial charge is 0.377 e. The number of hydrogen-bond acceptors (Lipinski definition) is 5. The quantitative estimate of drug-likeness (QED) is 0.617. The summed E-state index contributed by atoms with van der Waals surface area (Å²) in [6.45, 7) is 1.28. The van der Waals surface area contributed by atoms with Gasteiger partial charge in [0.05, 0.1) is 11.0 Å². The van der Waals surface area contributed by atoms with Gasteiger partial charge < -0.3 is 15.4 Å². The molecule has 1 aliphatic heterocycles. The minimum Gasteiger partial charge on any atom is -0.377 e. The molecule has 0 spiro atoms. The molecule has 2 aliphatic rings. The maximum atomic E-state index is 12.3. The van der Waals surface area contributed by atoms with E-state index < -0.39 is 4.92 Å². The van der Waals surface area contributed by atoms with Crippen LogP contribution in [-0.4, -0.2) is 36.1 Å². The van der Waals surface area contributed by atoms with Crippen molar-refractivity contribution in [3.8, 4) is 0 Å². The molecule has 24 heavy (non-hydrogen) atoms. The fourth-order valence-corrected chi connectivity index (χ4v) is 3.34. The zero-order valence-corrected chi connectivity index (χ0v) is 13.6. The van der Waals surface area contributed by atoms with Crippen molar-refractivity contribution < 1.29 is 14.5 Å². The van der Waals surface area contributed by atoms with Gasteiger partial charge in [-0.05, 0) is 37.8 Å². The number of nitrogens with one attached hydrogen (secondary N) is 2. The Hall–Kier alpha value is -2.15. The van der Waals surface area contributed by atoms with E-state index in [0.717, 1.165) is 45.1 Å². The van der Waals surface area contributed by atoms with E-state index in [9.17, 15) is 14.9 Å². The highest BCUT2D eigenvalue weighted by Gasteiger charge is 2.22. The Morgan fingerprint density at radius 2 is 2.04 bits per heavy atom. The fourth-order valence-electron chi connectivity index (χ4n) is 3.34. The number of nitrogens with zero attached hydrogens (tertiary/aromatic N) is 1. The summed E-state index contributed by atoms with van der Waals surface area (Å²) in [4.78, 5) is 23.2. The van der Waals surface area contributed by atoms with E-state index in [0.29, 0.717) is 17.8 Å².